The highest BCUT2D eigenvalue weighted by atomic mass is 19.1. The van der Waals surface area contributed by atoms with Gasteiger partial charge in [0.15, 0.2) is 11.6 Å². The van der Waals surface area contributed by atoms with E-state index in [9.17, 15) is 9.18 Å². The van der Waals surface area contributed by atoms with Crippen molar-refractivity contribution in [3.8, 4) is 0 Å². The molecule has 2 fully saturated rings. The molecule has 1 aliphatic carbocycles. The largest absolute Gasteiger partial charge is 0.378 e. The quantitative estimate of drug-likeness (QED) is 0.683. The van der Waals surface area contributed by atoms with Crippen molar-refractivity contribution in [1.82, 2.24) is 9.97 Å². The SMILES string of the molecule is NC(=O)C1CCCC1Nc1nc(Nc2cccc(N3CCOCC3)c2)ncc1F. The molecule has 0 bridgehead atoms. The van der Waals surface area contributed by atoms with E-state index in [4.69, 9.17) is 10.5 Å². The molecule has 8 nitrogen and oxygen atoms in total. The third kappa shape index (κ3) is 4.56. The fraction of sp³-hybridized carbons (Fsp3) is 0.450. The zero-order valence-electron chi connectivity index (χ0n) is 16.1. The molecular formula is C20H25FN6O2. The minimum atomic E-state index is -0.562. The highest BCUT2D eigenvalue weighted by Crippen LogP contribution is 2.29. The summed E-state index contributed by atoms with van der Waals surface area (Å²) < 4.78 is 19.6. The van der Waals surface area contributed by atoms with Crippen LogP contribution in [0.2, 0.25) is 0 Å². The van der Waals surface area contributed by atoms with Crippen LogP contribution in [0.4, 0.5) is 27.5 Å². The van der Waals surface area contributed by atoms with Crippen molar-refractivity contribution in [2.45, 2.75) is 25.3 Å². The van der Waals surface area contributed by atoms with Crippen LogP contribution in [0.25, 0.3) is 0 Å². The number of morpholine rings is 1. The number of benzene rings is 1. The van der Waals surface area contributed by atoms with Crippen LogP contribution in [0.5, 0.6) is 0 Å². The number of hydrogen-bond donors (Lipinski definition) is 3. The summed E-state index contributed by atoms with van der Waals surface area (Å²) >= 11 is 0. The Morgan fingerprint density at radius 3 is 2.90 bits per heavy atom. The topological polar surface area (TPSA) is 105 Å². The van der Waals surface area contributed by atoms with Gasteiger partial charge in [-0.1, -0.05) is 12.5 Å². The van der Waals surface area contributed by atoms with Gasteiger partial charge in [0, 0.05) is 30.5 Å². The van der Waals surface area contributed by atoms with Crippen LogP contribution in [0.3, 0.4) is 0 Å². The molecular weight excluding hydrogens is 375 g/mol. The Kier molecular flexibility index (Phi) is 5.75. The minimum Gasteiger partial charge on any atom is -0.378 e. The van der Waals surface area contributed by atoms with E-state index in [0.29, 0.717) is 19.6 Å². The van der Waals surface area contributed by atoms with Gasteiger partial charge in [0.25, 0.3) is 0 Å². The van der Waals surface area contributed by atoms with Gasteiger partial charge in [0.05, 0.1) is 25.3 Å². The smallest absolute Gasteiger partial charge is 0.229 e. The van der Waals surface area contributed by atoms with Crippen LogP contribution in [0.1, 0.15) is 19.3 Å². The number of carbonyl (C=O) groups excluding carboxylic acids is 1. The average molecular weight is 400 g/mol. The van der Waals surface area contributed by atoms with Crippen molar-refractivity contribution in [2.75, 3.05) is 41.8 Å². The molecule has 0 spiro atoms. The van der Waals surface area contributed by atoms with Gasteiger partial charge in [-0.2, -0.15) is 4.98 Å². The van der Waals surface area contributed by atoms with E-state index in [1.165, 1.54) is 0 Å². The zero-order valence-corrected chi connectivity index (χ0v) is 16.1. The molecule has 4 N–H and O–H groups in total. The molecule has 2 aromatic rings. The first-order chi connectivity index (χ1) is 14.1. The number of nitrogens with zero attached hydrogens (tertiary/aromatic N) is 3. The van der Waals surface area contributed by atoms with Gasteiger partial charge in [-0.05, 0) is 31.0 Å². The number of halogens is 1. The first-order valence-corrected chi connectivity index (χ1v) is 9.88. The molecule has 1 saturated carbocycles. The molecule has 1 amide bonds. The third-order valence-corrected chi connectivity index (χ3v) is 5.43. The molecule has 2 heterocycles. The van der Waals surface area contributed by atoms with E-state index in [2.05, 4.69) is 25.5 Å². The molecule has 9 heteroatoms. The van der Waals surface area contributed by atoms with Crippen molar-refractivity contribution < 1.29 is 13.9 Å². The van der Waals surface area contributed by atoms with Gasteiger partial charge in [0.2, 0.25) is 11.9 Å². The highest BCUT2D eigenvalue weighted by Gasteiger charge is 2.32. The second kappa shape index (κ2) is 8.60. The lowest BCUT2D eigenvalue weighted by Crippen LogP contribution is -2.36. The summed E-state index contributed by atoms with van der Waals surface area (Å²) in [4.78, 5) is 22.2. The molecule has 0 radical (unpaired) electrons. The van der Waals surface area contributed by atoms with Gasteiger partial charge >= 0.3 is 0 Å². The lowest BCUT2D eigenvalue weighted by molar-refractivity contribution is -0.121. The molecule has 154 valence electrons. The number of anilines is 4. The Morgan fingerprint density at radius 2 is 2.10 bits per heavy atom. The molecule has 2 aliphatic rings. The predicted octanol–water partition coefficient (Wildman–Crippen LogP) is 2.26. The number of carbonyl (C=O) groups is 1. The molecule has 1 aromatic heterocycles. The number of hydrogen-bond acceptors (Lipinski definition) is 7. The van der Waals surface area contributed by atoms with Crippen LogP contribution in [0, 0.1) is 11.7 Å². The summed E-state index contributed by atoms with van der Waals surface area (Å²) in [6, 6.07) is 7.69. The van der Waals surface area contributed by atoms with E-state index in [-0.39, 0.29) is 29.6 Å². The average Bonchev–Trinajstić information content (AvgIpc) is 3.20. The van der Waals surface area contributed by atoms with Gasteiger partial charge in [-0.25, -0.2) is 9.37 Å². The van der Waals surface area contributed by atoms with Crippen molar-refractivity contribution in [3.05, 3.63) is 36.3 Å². The summed E-state index contributed by atoms with van der Waals surface area (Å²) in [6.07, 6.45) is 3.45. The van der Waals surface area contributed by atoms with Crippen molar-refractivity contribution >= 4 is 29.0 Å². The first kappa shape index (κ1) is 19.4. The van der Waals surface area contributed by atoms with Crippen LogP contribution in [-0.4, -0.2) is 48.2 Å². The molecule has 1 aromatic carbocycles. The monoisotopic (exact) mass is 400 g/mol. The van der Waals surface area contributed by atoms with Crippen LogP contribution >= 0.6 is 0 Å². The minimum absolute atomic E-state index is 0.0741. The van der Waals surface area contributed by atoms with Crippen LogP contribution < -0.4 is 21.3 Å². The molecule has 4 rings (SSSR count). The second-order valence-corrected chi connectivity index (χ2v) is 7.36. The number of rotatable bonds is 6. The number of aromatic nitrogens is 2. The van der Waals surface area contributed by atoms with Crippen molar-refractivity contribution in [1.29, 1.82) is 0 Å². The fourth-order valence-corrected chi connectivity index (χ4v) is 3.91. The van der Waals surface area contributed by atoms with Crippen LogP contribution in [-0.2, 0) is 9.53 Å². The number of nitrogens with one attached hydrogen (secondary N) is 2. The number of ether oxygens (including phenoxy) is 1. The highest BCUT2D eigenvalue weighted by molar-refractivity contribution is 5.78. The predicted molar refractivity (Wildman–Crippen MR) is 109 cm³/mol. The van der Waals surface area contributed by atoms with E-state index in [1.54, 1.807) is 0 Å². The molecule has 1 saturated heterocycles. The van der Waals surface area contributed by atoms with Crippen LogP contribution in [0.15, 0.2) is 30.5 Å². The van der Waals surface area contributed by atoms with Gasteiger partial charge in [-0.15, -0.1) is 0 Å². The van der Waals surface area contributed by atoms with Crippen molar-refractivity contribution in [2.24, 2.45) is 11.7 Å². The van der Waals surface area contributed by atoms with E-state index in [1.807, 2.05) is 24.3 Å². The van der Waals surface area contributed by atoms with Crippen molar-refractivity contribution in [3.63, 3.8) is 0 Å². The fourth-order valence-electron chi connectivity index (χ4n) is 3.91. The lowest BCUT2D eigenvalue weighted by atomic mass is 10.0. The Labute approximate surface area is 168 Å². The number of primary amides is 1. The Morgan fingerprint density at radius 1 is 1.28 bits per heavy atom. The second-order valence-electron chi connectivity index (χ2n) is 7.36. The Bertz CT molecular complexity index is 874. The Balaban J connectivity index is 1.48. The maximum absolute atomic E-state index is 14.2. The maximum atomic E-state index is 14.2. The molecule has 2 unspecified atom stereocenters. The summed E-state index contributed by atoms with van der Waals surface area (Å²) in [7, 11) is 0. The summed E-state index contributed by atoms with van der Waals surface area (Å²) in [6.45, 7) is 3.10. The molecule has 29 heavy (non-hydrogen) atoms. The molecule has 2 atom stereocenters. The van der Waals surface area contributed by atoms with E-state index < -0.39 is 5.82 Å². The van der Waals surface area contributed by atoms with E-state index in [0.717, 1.165) is 43.5 Å². The Hall–Kier alpha value is -2.94. The van der Waals surface area contributed by atoms with Gasteiger partial charge in [0.1, 0.15) is 0 Å². The maximum Gasteiger partial charge on any atom is 0.229 e. The summed E-state index contributed by atoms with van der Waals surface area (Å²) in [5, 5.41) is 6.17. The summed E-state index contributed by atoms with van der Waals surface area (Å²) in [5.41, 5.74) is 7.34. The number of amides is 1. The first-order valence-electron chi connectivity index (χ1n) is 9.88. The van der Waals surface area contributed by atoms with E-state index >= 15 is 0 Å². The molecule has 1 aliphatic heterocycles. The van der Waals surface area contributed by atoms with Gasteiger partial charge in [-0.3, -0.25) is 4.79 Å². The third-order valence-electron chi connectivity index (χ3n) is 5.43. The lowest BCUT2D eigenvalue weighted by Gasteiger charge is -2.29. The zero-order chi connectivity index (χ0) is 20.2. The van der Waals surface area contributed by atoms with Gasteiger partial charge < -0.3 is 26.0 Å². The number of nitrogens with two attached hydrogens (primary N) is 1. The normalized spacial score (nSPS) is 21.8. The summed E-state index contributed by atoms with van der Waals surface area (Å²) in [5.74, 6) is -0.891. The standard InChI is InChI=1S/C20H25FN6O2/c21-16-12-23-20(26-19(16)25-17-6-2-5-15(17)18(22)28)24-13-3-1-4-14(11-13)27-7-9-29-10-8-27/h1,3-4,11-12,15,17H,2,5-10H2,(H2,22,28)(H2,23,24,25,26).